The van der Waals surface area contributed by atoms with Gasteiger partial charge >= 0.3 is 5.97 Å². The Kier molecular flexibility index (Phi) is 5.87. The SMILES string of the molecule is CC(=O)Oc1cc(Cl)c(Cl)cc1Cl.[Cu]. The minimum absolute atomic E-state index is 0. The predicted molar refractivity (Wildman–Crippen MR) is 52.8 cm³/mol. The van der Waals surface area contributed by atoms with E-state index < -0.39 is 5.97 Å². The second-order valence-electron chi connectivity index (χ2n) is 2.29. The standard InChI is InChI=1S/C8H5Cl3O2.Cu/c1-4(12)13-8-3-6(10)5(9)2-7(8)11;/h2-3H,1H3;. The van der Waals surface area contributed by atoms with Crippen LogP contribution in [0.5, 0.6) is 5.75 Å². The van der Waals surface area contributed by atoms with Crippen molar-refractivity contribution in [3.63, 3.8) is 0 Å². The number of hydrogen-bond donors (Lipinski definition) is 0. The second kappa shape index (κ2) is 5.84. The fourth-order valence-corrected chi connectivity index (χ4v) is 1.31. The molecule has 0 unspecified atom stereocenters. The fraction of sp³-hybridized carbons (Fsp3) is 0.125. The summed E-state index contributed by atoms with van der Waals surface area (Å²) in [6.45, 7) is 1.28. The van der Waals surface area contributed by atoms with Crippen LogP contribution in [0.2, 0.25) is 15.1 Å². The maximum absolute atomic E-state index is 10.6. The molecule has 0 aromatic heterocycles. The van der Waals surface area contributed by atoms with Gasteiger partial charge in [0.05, 0.1) is 15.1 Å². The molecule has 0 fully saturated rings. The fourth-order valence-electron chi connectivity index (χ4n) is 0.737. The van der Waals surface area contributed by atoms with Crippen LogP contribution in [0, 0.1) is 0 Å². The number of esters is 1. The summed E-state index contributed by atoms with van der Waals surface area (Å²) in [5.41, 5.74) is 0. The first-order valence-corrected chi connectivity index (χ1v) is 4.47. The summed E-state index contributed by atoms with van der Waals surface area (Å²) in [5, 5.41) is 0.870. The zero-order chi connectivity index (χ0) is 10.0. The molecular formula is C8H5Cl3CuO2. The average molecular weight is 303 g/mol. The molecule has 0 saturated carbocycles. The Labute approximate surface area is 107 Å². The Hall–Kier alpha value is 0.0795. The molecule has 1 radical (unpaired) electrons. The molecule has 0 aliphatic carbocycles. The van der Waals surface area contributed by atoms with Crippen LogP contribution in [0.4, 0.5) is 0 Å². The molecule has 1 aromatic rings. The van der Waals surface area contributed by atoms with Crippen LogP contribution in [0.1, 0.15) is 6.92 Å². The van der Waals surface area contributed by atoms with Gasteiger partial charge in [0.15, 0.2) is 5.75 Å². The summed E-state index contributed by atoms with van der Waals surface area (Å²) in [5.74, 6) is -0.246. The van der Waals surface area contributed by atoms with Crippen molar-refractivity contribution >= 4 is 40.8 Å². The topological polar surface area (TPSA) is 26.3 Å². The molecule has 0 aliphatic rings. The van der Waals surface area contributed by atoms with Crippen molar-refractivity contribution in [2.75, 3.05) is 0 Å². The smallest absolute Gasteiger partial charge is 0.308 e. The molecule has 81 valence electrons. The summed E-state index contributed by atoms with van der Waals surface area (Å²) >= 11 is 17.1. The Balaban J connectivity index is 0.00000169. The van der Waals surface area contributed by atoms with Gasteiger partial charge in [-0.05, 0) is 6.07 Å². The Morgan fingerprint density at radius 2 is 1.64 bits per heavy atom. The molecular weight excluding hydrogens is 298 g/mol. The molecule has 0 aliphatic heterocycles. The second-order valence-corrected chi connectivity index (χ2v) is 3.51. The predicted octanol–water partition coefficient (Wildman–Crippen LogP) is 3.57. The van der Waals surface area contributed by atoms with Gasteiger partial charge in [-0.2, -0.15) is 0 Å². The van der Waals surface area contributed by atoms with Crippen molar-refractivity contribution in [1.29, 1.82) is 0 Å². The van der Waals surface area contributed by atoms with E-state index in [9.17, 15) is 4.79 Å². The largest absolute Gasteiger partial charge is 0.425 e. The molecule has 6 heteroatoms. The molecule has 2 nitrogen and oxygen atoms in total. The third kappa shape index (κ3) is 3.68. The van der Waals surface area contributed by atoms with E-state index in [-0.39, 0.29) is 27.8 Å². The molecule has 0 atom stereocenters. The molecule has 0 N–H and O–H groups in total. The average Bonchev–Trinajstić information content (AvgIpc) is 1.99. The first-order chi connectivity index (χ1) is 6.00. The van der Waals surface area contributed by atoms with Gasteiger partial charge < -0.3 is 4.74 Å². The van der Waals surface area contributed by atoms with Crippen molar-refractivity contribution in [2.24, 2.45) is 0 Å². The van der Waals surface area contributed by atoms with Crippen LogP contribution in [-0.2, 0) is 21.9 Å². The Morgan fingerprint density at radius 1 is 1.14 bits per heavy atom. The normalized spacial score (nSPS) is 9.14. The number of benzene rings is 1. The first-order valence-electron chi connectivity index (χ1n) is 3.33. The number of halogens is 3. The van der Waals surface area contributed by atoms with Crippen LogP contribution in [0.25, 0.3) is 0 Å². The third-order valence-electron chi connectivity index (χ3n) is 1.23. The van der Waals surface area contributed by atoms with E-state index in [2.05, 4.69) is 0 Å². The quantitative estimate of drug-likeness (QED) is 0.343. The maximum Gasteiger partial charge on any atom is 0.308 e. The van der Waals surface area contributed by atoms with Crippen molar-refractivity contribution < 1.29 is 26.6 Å². The summed E-state index contributed by atoms with van der Waals surface area (Å²) in [6, 6.07) is 2.82. The van der Waals surface area contributed by atoms with E-state index >= 15 is 0 Å². The number of carbonyl (C=O) groups excluding carboxylic acids is 1. The van der Waals surface area contributed by atoms with Crippen molar-refractivity contribution in [3.8, 4) is 5.75 Å². The zero-order valence-electron chi connectivity index (χ0n) is 6.91. The van der Waals surface area contributed by atoms with Crippen LogP contribution < -0.4 is 4.74 Å². The van der Waals surface area contributed by atoms with E-state index in [0.717, 1.165) is 0 Å². The number of hydrogen-bond acceptors (Lipinski definition) is 2. The summed E-state index contributed by atoms with van der Waals surface area (Å²) < 4.78 is 4.77. The van der Waals surface area contributed by atoms with E-state index in [1.165, 1.54) is 19.1 Å². The summed E-state index contributed by atoms with van der Waals surface area (Å²) in [7, 11) is 0. The number of ether oxygens (including phenoxy) is 1. The van der Waals surface area contributed by atoms with E-state index in [1.54, 1.807) is 0 Å². The third-order valence-corrected chi connectivity index (χ3v) is 2.25. The number of rotatable bonds is 1. The van der Waals surface area contributed by atoms with Crippen LogP contribution in [-0.4, -0.2) is 5.97 Å². The van der Waals surface area contributed by atoms with Gasteiger partial charge in [-0.3, -0.25) is 4.79 Å². The van der Waals surface area contributed by atoms with Gasteiger partial charge in [0.2, 0.25) is 0 Å². The van der Waals surface area contributed by atoms with Crippen LogP contribution in [0.3, 0.4) is 0 Å². The van der Waals surface area contributed by atoms with E-state index in [1.807, 2.05) is 0 Å². The molecule has 1 rings (SSSR count). The van der Waals surface area contributed by atoms with Gasteiger partial charge in [-0.25, -0.2) is 0 Å². The molecule has 14 heavy (non-hydrogen) atoms. The Morgan fingerprint density at radius 3 is 2.14 bits per heavy atom. The van der Waals surface area contributed by atoms with Gasteiger partial charge in [0.1, 0.15) is 0 Å². The molecule has 0 saturated heterocycles. The van der Waals surface area contributed by atoms with E-state index in [4.69, 9.17) is 39.5 Å². The van der Waals surface area contributed by atoms with Crippen molar-refractivity contribution in [3.05, 3.63) is 27.2 Å². The molecule has 0 spiro atoms. The van der Waals surface area contributed by atoms with Gasteiger partial charge in [0, 0.05) is 30.1 Å². The Bertz CT molecular complexity index is 355. The van der Waals surface area contributed by atoms with Gasteiger partial charge in [-0.1, -0.05) is 34.8 Å². The summed E-state index contributed by atoms with van der Waals surface area (Å²) in [6.07, 6.45) is 0. The molecule has 0 bridgehead atoms. The van der Waals surface area contributed by atoms with Crippen LogP contribution >= 0.6 is 34.8 Å². The monoisotopic (exact) mass is 301 g/mol. The van der Waals surface area contributed by atoms with E-state index in [0.29, 0.717) is 10.0 Å². The molecule has 0 heterocycles. The van der Waals surface area contributed by atoms with Crippen molar-refractivity contribution in [2.45, 2.75) is 6.92 Å². The van der Waals surface area contributed by atoms with Gasteiger partial charge in [0.25, 0.3) is 0 Å². The van der Waals surface area contributed by atoms with Gasteiger partial charge in [-0.15, -0.1) is 0 Å². The zero-order valence-corrected chi connectivity index (χ0v) is 10.1. The number of carbonyl (C=O) groups is 1. The maximum atomic E-state index is 10.6. The summed E-state index contributed by atoms with van der Waals surface area (Å²) in [4.78, 5) is 10.6. The van der Waals surface area contributed by atoms with Crippen LogP contribution in [0.15, 0.2) is 12.1 Å². The minimum Gasteiger partial charge on any atom is -0.425 e. The molecule has 1 aromatic carbocycles. The molecule has 0 amide bonds. The minimum atomic E-state index is -0.458. The first kappa shape index (κ1) is 14.1. The van der Waals surface area contributed by atoms with Crippen molar-refractivity contribution in [1.82, 2.24) is 0 Å².